The van der Waals surface area contributed by atoms with Crippen LogP contribution in [0.15, 0.2) is 237 Å². The molecule has 0 unspecified atom stereocenters. The second-order valence-electron chi connectivity index (χ2n) is 23.4. The number of rotatable bonds is 11. The summed E-state index contributed by atoms with van der Waals surface area (Å²) in [6.45, 7) is 13.7. The zero-order chi connectivity index (χ0) is 57.8. The number of pyridine rings is 2. The van der Waals surface area contributed by atoms with Gasteiger partial charge in [0.05, 0.1) is 22.4 Å². The van der Waals surface area contributed by atoms with Crippen molar-refractivity contribution in [3.05, 3.63) is 248 Å². The number of ether oxygens (including phenoxy) is 1. The molecule has 1 aliphatic rings. The van der Waals surface area contributed by atoms with Crippen LogP contribution in [0.1, 0.15) is 52.7 Å². The molecule has 0 amide bonds. The largest absolute Gasteiger partial charge is 0.457 e. The molecule has 85 heavy (non-hydrogen) atoms. The minimum absolute atomic E-state index is 0.0550. The van der Waals surface area contributed by atoms with E-state index in [-0.39, 0.29) is 10.8 Å². The second kappa shape index (κ2) is 21.2. The van der Waals surface area contributed by atoms with Gasteiger partial charge in [-0.05, 0) is 88.7 Å². The number of aromatic nitrogens is 9. The summed E-state index contributed by atoms with van der Waals surface area (Å²) < 4.78 is 9.15. The molecule has 12 heteroatoms. The third kappa shape index (κ3) is 10.1. The first-order valence-corrected chi connectivity index (χ1v) is 28.6. The molecular weight excluding hydrogens is 1050 g/mol. The summed E-state index contributed by atoms with van der Waals surface area (Å²) in [5, 5.41) is 2.26. The molecule has 0 saturated heterocycles. The smallest absolute Gasteiger partial charge is 0.166 e. The summed E-state index contributed by atoms with van der Waals surface area (Å²) in [6, 6.07) is 76.2. The lowest BCUT2D eigenvalue weighted by Crippen LogP contribution is -2.26. The summed E-state index contributed by atoms with van der Waals surface area (Å²) in [5.41, 5.74) is 11.4. The van der Waals surface area contributed by atoms with Crippen molar-refractivity contribution in [2.24, 2.45) is 0 Å². The van der Waals surface area contributed by atoms with Crippen molar-refractivity contribution in [2.45, 2.75) is 52.4 Å². The quantitative estimate of drug-likeness (QED) is 0.123. The van der Waals surface area contributed by atoms with Gasteiger partial charge >= 0.3 is 0 Å². The highest BCUT2D eigenvalue weighted by Gasteiger charge is 2.36. The van der Waals surface area contributed by atoms with Crippen LogP contribution in [0.3, 0.4) is 0 Å². The number of anilines is 4. The van der Waals surface area contributed by atoms with Crippen molar-refractivity contribution >= 4 is 44.7 Å². The van der Waals surface area contributed by atoms with Crippen LogP contribution in [0, 0.1) is 0 Å². The summed E-state index contributed by atoms with van der Waals surface area (Å²) in [5.74, 6) is 6.09. The topological polar surface area (TPSA) is 124 Å². The first-order valence-electron chi connectivity index (χ1n) is 28.6. The maximum Gasteiger partial charge on any atom is 0.166 e. The van der Waals surface area contributed by atoms with Gasteiger partial charge in [-0.1, -0.05) is 187 Å². The maximum atomic E-state index is 6.91. The van der Waals surface area contributed by atoms with Crippen LogP contribution in [-0.2, 0) is 10.8 Å². The molecule has 14 rings (SSSR count). The fourth-order valence-corrected chi connectivity index (χ4v) is 11.2. The standard InChI is InChI=1S/C73H59N11O/c1-72(2,3)51-38-40-74-63(43-51)84-60-34-20-19-33-56(60)57-37-36-55(45-62(57)84)85-54-32-21-31-53(44-54)82-46-83(71-61(82)35-22-39-75-71)64-58(69-78-65(47-23-11-7-12-24-47)76-66(79-69)48-25-13-8-14-26-48)41-52(73(4,5)6)42-59(64)70-80-67(49-27-15-9-16-28-49)77-68(81-70)50-29-17-10-18-30-50/h7-45H,46H2,1-6H3. The van der Waals surface area contributed by atoms with Gasteiger partial charge in [-0.15, -0.1) is 0 Å². The lowest BCUT2D eigenvalue weighted by molar-refractivity contribution is 0.483. The first kappa shape index (κ1) is 52.4. The van der Waals surface area contributed by atoms with Crippen LogP contribution in [0.5, 0.6) is 11.5 Å². The highest BCUT2D eigenvalue weighted by atomic mass is 16.5. The van der Waals surface area contributed by atoms with E-state index < -0.39 is 0 Å². The predicted octanol–water partition coefficient (Wildman–Crippen LogP) is 17.6. The van der Waals surface area contributed by atoms with Gasteiger partial charge in [-0.3, -0.25) is 4.57 Å². The van der Waals surface area contributed by atoms with Crippen LogP contribution in [-0.4, -0.2) is 51.1 Å². The van der Waals surface area contributed by atoms with E-state index in [0.717, 1.165) is 89.4 Å². The Morgan fingerprint density at radius 2 is 0.882 bits per heavy atom. The van der Waals surface area contributed by atoms with Gasteiger partial charge in [0, 0.05) is 74.4 Å². The van der Waals surface area contributed by atoms with E-state index in [0.29, 0.717) is 53.1 Å². The molecule has 412 valence electrons. The Labute approximate surface area is 493 Å². The van der Waals surface area contributed by atoms with Crippen molar-refractivity contribution in [3.63, 3.8) is 0 Å². The van der Waals surface area contributed by atoms with Crippen molar-refractivity contribution in [2.75, 3.05) is 16.5 Å². The molecule has 13 aromatic rings. The number of para-hydroxylation sites is 1. The van der Waals surface area contributed by atoms with Crippen molar-refractivity contribution in [1.82, 2.24) is 44.4 Å². The molecule has 0 atom stereocenters. The molecule has 8 aromatic carbocycles. The number of benzene rings is 8. The number of fused-ring (bicyclic) bond motifs is 4. The van der Waals surface area contributed by atoms with Crippen LogP contribution in [0.25, 0.3) is 96.0 Å². The van der Waals surface area contributed by atoms with Crippen LogP contribution >= 0.6 is 0 Å². The lowest BCUT2D eigenvalue weighted by atomic mass is 9.84. The third-order valence-corrected chi connectivity index (χ3v) is 15.6. The molecule has 0 saturated carbocycles. The molecule has 1 aliphatic heterocycles. The van der Waals surface area contributed by atoms with E-state index in [4.69, 9.17) is 44.6 Å². The van der Waals surface area contributed by atoms with Gasteiger partial charge in [0.15, 0.2) is 40.8 Å². The molecule has 12 nitrogen and oxygen atoms in total. The monoisotopic (exact) mass is 1110 g/mol. The highest BCUT2D eigenvalue weighted by molar-refractivity contribution is 6.09. The molecule has 0 radical (unpaired) electrons. The fourth-order valence-electron chi connectivity index (χ4n) is 11.2. The summed E-state index contributed by atoms with van der Waals surface area (Å²) in [4.78, 5) is 46.6. The van der Waals surface area contributed by atoms with Crippen LogP contribution in [0.2, 0.25) is 0 Å². The van der Waals surface area contributed by atoms with E-state index in [1.54, 1.807) is 0 Å². The molecule has 0 fully saturated rings. The third-order valence-electron chi connectivity index (χ3n) is 15.6. The molecule has 0 aliphatic carbocycles. The zero-order valence-electron chi connectivity index (χ0n) is 48.1. The Balaban J connectivity index is 0.945. The van der Waals surface area contributed by atoms with Crippen molar-refractivity contribution in [3.8, 4) is 85.6 Å². The van der Waals surface area contributed by atoms with Crippen LogP contribution < -0.4 is 14.5 Å². The summed E-state index contributed by atoms with van der Waals surface area (Å²) >= 11 is 0. The summed E-state index contributed by atoms with van der Waals surface area (Å²) in [6.07, 6.45) is 3.75. The van der Waals surface area contributed by atoms with E-state index in [2.05, 4.69) is 135 Å². The highest BCUT2D eigenvalue weighted by Crippen LogP contribution is 2.51. The Hall–Kier alpha value is -10.7. The molecule has 0 bridgehead atoms. The average Bonchev–Trinajstić information content (AvgIpc) is 2.24. The van der Waals surface area contributed by atoms with E-state index >= 15 is 0 Å². The van der Waals surface area contributed by atoms with Gasteiger partial charge in [-0.25, -0.2) is 39.9 Å². The second-order valence-corrected chi connectivity index (χ2v) is 23.4. The Bertz CT molecular complexity index is 4370. The fraction of sp³-hybridized carbons (Fsp3) is 0.123. The SMILES string of the molecule is CC(C)(C)c1ccnc(-n2c3ccccc3c3ccc(Oc4cccc(N5CN(c6c(-c7nc(-c8ccccc8)nc(-c8ccccc8)n7)cc(C(C)(C)C)cc6-c6nc(-c7ccccc7)nc(-c7ccccc7)n6)c6ncccc65)c4)cc32)c1. The number of nitrogens with zero attached hydrogens (tertiary/aromatic N) is 11. The Kier molecular flexibility index (Phi) is 13.1. The van der Waals surface area contributed by atoms with E-state index in [1.165, 1.54) is 5.56 Å². The zero-order valence-corrected chi connectivity index (χ0v) is 48.1. The van der Waals surface area contributed by atoms with E-state index in [9.17, 15) is 0 Å². The minimum Gasteiger partial charge on any atom is -0.457 e. The molecular formula is C73H59N11O. The Morgan fingerprint density at radius 3 is 1.44 bits per heavy atom. The first-order chi connectivity index (χ1) is 41.4. The summed E-state index contributed by atoms with van der Waals surface area (Å²) in [7, 11) is 0. The average molecular weight is 1110 g/mol. The molecule has 0 spiro atoms. The maximum absolute atomic E-state index is 6.91. The number of hydrogen-bond acceptors (Lipinski definition) is 11. The lowest BCUT2D eigenvalue weighted by Gasteiger charge is -2.29. The molecule has 5 aromatic heterocycles. The van der Waals surface area contributed by atoms with E-state index in [1.807, 2.05) is 158 Å². The normalized spacial score (nSPS) is 12.5. The molecule has 6 heterocycles. The van der Waals surface area contributed by atoms with Crippen LogP contribution in [0.4, 0.5) is 22.9 Å². The van der Waals surface area contributed by atoms with Gasteiger partial charge < -0.3 is 14.5 Å². The van der Waals surface area contributed by atoms with Crippen molar-refractivity contribution < 1.29 is 4.74 Å². The molecule has 0 N–H and O–H groups in total. The van der Waals surface area contributed by atoms with Gasteiger partial charge in [0.1, 0.15) is 24.0 Å². The predicted molar refractivity (Wildman–Crippen MR) is 342 cm³/mol. The van der Waals surface area contributed by atoms with Crippen molar-refractivity contribution in [1.29, 1.82) is 0 Å². The minimum atomic E-state index is -0.361. The van der Waals surface area contributed by atoms with Gasteiger partial charge in [-0.2, -0.15) is 0 Å². The van der Waals surface area contributed by atoms with Gasteiger partial charge in [0.2, 0.25) is 0 Å². The Morgan fingerprint density at radius 1 is 0.376 bits per heavy atom. The van der Waals surface area contributed by atoms with Gasteiger partial charge in [0.25, 0.3) is 0 Å². The number of hydrogen-bond donors (Lipinski definition) is 0.